The molecule has 3 nitrogen and oxygen atoms in total. The third kappa shape index (κ3) is 3.40. The third-order valence-corrected chi connectivity index (χ3v) is 5.29. The van der Waals surface area contributed by atoms with E-state index in [1.54, 1.807) is 13.0 Å². The van der Waals surface area contributed by atoms with E-state index in [1.807, 2.05) is 35.0 Å². The minimum absolute atomic E-state index is 0.131. The Labute approximate surface area is 156 Å². The van der Waals surface area contributed by atoms with Gasteiger partial charge in [0.05, 0.1) is 11.2 Å². The molecule has 3 aromatic rings. The van der Waals surface area contributed by atoms with Crippen LogP contribution in [0.25, 0.3) is 16.8 Å². The zero-order chi connectivity index (χ0) is 18.3. The summed E-state index contributed by atoms with van der Waals surface area (Å²) in [4.78, 5) is 4.53. The fraction of sp³-hybridized carbons (Fsp3) is 0.350. The highest BCUT2D eigenvalue weighted by Gasteiger charge is 2.36. The lowest BCUT2D eigenvalue weighted by Crippen LogP contribution is -2.02. The van der Waals surface area contributed by atoms with Gasteiger partial charge in [-0.15, -0.1) is 0 Å². The largest absolute Gasteiger partial charge is 0.369 e. The highest BCUT2D eigenvalue weighted by atomic mass is 35.5. The Balaban J connectivity index is 1.49. The van der Waals surface area contributed by atoms with Gasteiger partial charge in [0.1, 0.15) is 23.5 Å². The number of pyridine rings is 1. The van der Waals surface area contributed by atoms with Crippen molar-refractivity contribution in [1.82, 2.24) is 9.38 Å². The van der Waals surface area contributed by atoms with E-state index in [0.717, 1.165) is 48.4 Å². The molecule has 1 aliphatic rings. The van der Waals surface area contributed by atoms with Crippen LogP contribution >= 0.6 is 11.6 Å². The van der Waals surface area contributed by atoms with Gasteiger partial charge in [0, 0.05) is 12.7 Å². The van der Waals surface area contributed by atoms with Crippen LogP contribution in [0.4, 0.5) is 14.6 Å². The predicted molar refractivity (Wildman–Crippen MR) is 101 cm³/mol. The number of aromatic nitrogens is 2. The summed E-state index contributed by atoms with van der Waals surface area (Å²) in [5.74, 6) is 0.667. The number of imidazole rings is 1. The lowest BCUT2D eigenvalue weighted by atomic mass is 10.0. The van der Waals surface area contributed by atoms with Crippen LogP contribution < -0.4 is 5.32 Å². The summed E-state index contributed by atoms with van der Waals surface area (Å²) in [5, 5.41) is 3.42. The quantitative estimate of drug-likeness (QED) is 0.564. The van der Waals surface area contributed by atoms with Crippen LogP contribution in [0.2, 0.25) is 5.02 Å². The van der Waals surface area contributed by atoms with Crippen LogP contribution in [0, 0.1) is 18.7 Å². The molecule has 1 N–H and O–H groups in total. The van der Waals surface area contributed by atoms with Crippen molar-refractivity contribution < 1.29 is 8.78 Å². The van der Waals surface area contributed by atoms with Gasteiger partial charge in [-0.2, -0.15) is 0 Å². The molecule has 0 aliphatic heterocycles. The Kier molecular flexibility index (Phi) is 4.57. The molecule has 1 fully saturated rings. The van der Waals surface area contributed by atoms with Crippen LogP contribution in [-0.4, -0.2) is 22.1 Å². The molecule has 4 rings (SSSR count). The van der Waals surface area contributed by atoms with Crippen molar-refractivity contribution in [2.24, 2.45) is 5.92 Å². The number of halogens is 3. The summed E-state index contributed by atoms with van der Waals surface area (Å²) in [6, 6.07) is 7.24. The Morgan fingerprint density at radius 2 is 2.08 bits per heavy atom. The molecule has 6 heteroatoms. The standard InChI is InChI=1S/C20H20ClF2N3/c1-12-15(5-6-16(21)20(12)23)14-4-7-19-25-18(11-26(19)10-14)24-8-2-3-13-9-17(13)22/h4-7,10-11,13,17,24H,2-3,8-9H2,1H3/t13-,17+/m1/s1. The van der Waals surface area contributed by atoms with Crippen molar-refractivity contribution in [1.29, 1.82) is 0 Å². The molecule has 0 radical (unpaired) electrons. The van der Waals surface area contributed by atoms with Gasteiger partial charge in [-0.1, -0.05) is 17.7 Å². The number of alkyl halides is 1. The Hall–Kier alpha value is -2.14. The number of rotatable bonds is 6. The Morgan fingerprint density at radius 3 is 2.85 bits per heavy atom. The second kappa shape index (κ2) is 6.88. The highest BCUT2D eigenvalue weighted by Crippen LogP contribution is 2.37. The predicted octanol–water partition coefficient (Wildman–Crippen LogP) is 5.65. The summed E-state index contributed by atoms with van der Waals surface area (Å²) in [6.45, 7) is 2.50. The SMILES string of the molecule is Cc1c(-c2ccc3nc(NCCC[C@@H]4C[C@@H]4F)cn3c2)ccc(Cl)c1F. The van der Waals surface area contributed by atoms with E-state index in [4.69, 9.17) is 11.6 Å². The molecule has 2 atom stereocenters. The van der Waals surface area contributed by atoms with Crippen LogP contribution in [0.15, 0.2) is 36.7 Å². The van der Waals surface area contributed by atoms with Crippen molar-refractivity contribution in [3.8, 4) is 11.1 Å². The summed E-state index contributed by atoms with van der Waals surface area (Å²) in [6.07, 6.45) is 5.85. The number of nitrogens with zero attached hydrogens (tertiary/aromatic N) is 2. The summed E-state index contributed by atoms with van der Waals surface area (Å²) in [5.41, 5.74) is 3.05. The van der Waals surface area contributed by atoms with Crippen molar-refractivity contribution in [3.63, 3.8) is 0 Å². The van der Waals surface area contributed by atoms with Gasteiger partial charge in [0.25, 0.3) is 0 Å². The summed E-state index contributed by atoms with van der Waals surface area (Å²) in [7, 11) is 0. The number of benzene rings is 1. The molecular weight excluding hydrogens is 356 g/mol. The number of hydrogen-bond acceptors (Lipinski definition) is 2. The Bertz CT molecular complexity index is 954. The van der Waals surface area contributed by atoms with E-state index < -0.39 is 6.17 Å². The first kappa shape index (κ1) is 17.3. The average molecular weight is 376 g/mol. The van der Waals surface area contributed by atoms with E-state index >= 15 is 0 Å². The van der Waals surface area contributed by atoms with Crippen molar-refractivity contribution in [2.75, 3.05) is 11.9 Å². The molecule has 1 aromatic carbocycles. The molecule has 2 aromatic heterocycles. The van der Waals surface area contributed by atoms with Crippen molar-refractivity contribution >= 4 is 23.1 Å². The molecule has 0 saturated heterocycles. The number of hydrogen-bond donors (Lipinski definition) is 1. The molecule has 0 unspecified atom stereocenters. The topological polar surface area (TPSA) is 29.3 Å². The monoisotopic (exact) mass is 375 g/mol. The van der Waals surface area contributed by atoms with Gasteiger partial charge >= 0.3 is 0 Å². The van der Waals surface area contributed by atoms with E-state index in [2.05, 4.69) is 10.3 Å². The van der Waals surface area contributed by atoms with E-state index in [1.165, 1.54) is 0 Å². The highest BCUT2D eigenvalue weighted by molar-refractivity contribution is 6.30. The first-order valence-corrected chi connectivity index (χ1v) is 9.22. The second-order valence-electron chi connectivity index (χ2n) is 6.92. The maximum atomic E-state index is 14.1. The number of nitrogens with one attached hydrogen (secondary N) is 1. The minimum atomic E-state index is -0.579. The average Bonchev–Trinajstić information content (AvgIpc) is 3.17. The number of fused-ring (bicyclic) bond motifs is 1. The Morgan fingerprint density at radius 1 is 1.27 bits per heavy atom. The molecule has 0 spiro atoms. The zero-order valence-electron chi connectivity index (χ0n) is 14.5. The second-order valence-corrected chi connectivity index (χ2v) is 7.33. The normalized spacial score (nSPS) is 19.1. The number of anilines is 1. The third-order valence-electron chi connectivity index (χ3n) is 5.00. The molecule has 0 bridgehead atoms. The van der Waals surface area contributed by atoms with Gasteiger partial charge in [0.2, 0.25) is 0 Å². The molecule has 2 heterocycles. The van der Waals surface area contributed by atoms with Crippen molar-refractivity contribution in [2.45, 2.75) is 32.4 Å². The van der Waals surface area contributed by atoms with Crippen LogP contribution in [-0.2, 0) is 0 Å². The van der Waals surface area contributed by atoms with Crippen LogP contribution in [0.1, 0.15) is 24.8 Å². The van der Waals surface area contributed by atoms with Gasteiger partial charge in [0.15, 0.2) is 0 Å². The maximum Gasteiger partial charge on any atom is 0.145 e. The zero-order valence-corrected chi connectivity index (χ0v) is 15.2. The van der Waals surface area contributed by atoms with Gasteiger partial charge in [-0.25, -0.2) is 13.8 Å². The first-order chi connectivity index (χ1) is 12.5. The maximum absolute atomic E-state index is 14.1. The molecular formula is C20H20ClF2N3. The van der Waals surface area contributed by atoms with E-state index in [0.29, 0.717) is 5.56 Å². The fourth-order valence-corrected chi connectivity index (χ4v) is 3.50. The van der Waals surface area contributed by atoms with Crippen LogP contribution in [0.3, 0.4) is 0 Å². The van der Waals surface area contributed by atoms with Gasteiger partial charge in [-0.05, 0) is 67.0 Å². The van der Waals surface area contributed by atoms with Crippen molar-refractivity contribution in [3.05, 3.63) is 53.1 Å². The molecule has 0 amide bonds. The lowest BCUT2D eigenvalue weighted by Gasteiger charge is -2.08. The molecule has 1 saturated carbocycles. The summed E-state index contributed by atoms with van der Waals surface area (Å²) >= 11 is 5.84. The molecule has 1 aliphatic carbocycles. The van der Waals surface area contributed by atoms with E-state index in [9.17, 15) is 8.78 Å². The smallest absolute Gasteiger partial charge is 0.145 e. The van der Waals surface area contributed by atoms with Gasteiger partial charge in [-0.3, -0.25) is 0 Å². The van der Waals surface area contributed by atoms with Gasteiger partial charge < -0.3 is 9.72 Å². The minimum Gasteiger partial charge on any atom is -0.369 e. The first-order valence-electron chi connectivity index (χ1n) is 8.84. The molecule has 136 valence electrons. The summed E-state index contributed by atoms with van der Waals surface area (Å²) < 4.78 is 28.8. The lowest BCUT2D eigenvalue weighted by molar-refractivity contribution is 0.435. The van der Waals surface area contributed by atoms with Crippen LogP contribution in [0.5, 0.6) is 0 Å². The molecule has 26 heavy (non-hydrogen) atoms. The fourth-order valence-electron chi connectivity index (χ4n) is 3.29. The van der Waals surface area contributed by atoms with E-state index in [-0.39, 0.29) is 16.8 Å².